The van der Waals surface area contributed by atoms with Crippen molar-refractivity contribution >= 4 is 28.4 Å². The van der Waals surface area contributed by atoms with Crippen LogP contribution in [-0.2, 0) is 0 Å². The molecular formula is C15H13N5O2. The van der Waals surface area contributed by atoms with Crippen LogP contribution in [0.25, 0.3) is 11.0 Å². The van der Waals surface area contributed by atoms with E-state index in [9.17, 15) is 10.1 Å². The van der Waals surface area contributed by atoms with Crippen molar-refractivity contribution in [1.82, 2.24) is 9.97 Å². The number of nitro benzene ring substituents is 1. The number of hydrogen-bond acceptors (Lipinski definition) is 5. The number of nitrogens with one attached hydrogen (secondary N) is 2. The second kappa shape index (κ2) is 5.65. The van der Waals surface area contributed by atoms with Gasteiger partial charge in [0.2, 0.25) is 5.95 Å². The number of para-hydroxylation sites is 2. The molecule has 0 aliphatic heterocycles. The summed E-state index contributed by atoms with van der Waals surface area (Å²) in [6.45, 7) is 1.77. The van der Waals surface area contributed by atoms with Crippen molar-refractivity contribution < 1.29 is 4.92 Å². The van der Waals surface area contributed by atoms with Crippen LogP contribution in [0.1, 0.15) is 12.5 Å². The molecule has 0 aliphatic carbocycles. The highest BCUT2D eigenvalue weighted by atomic mass is 16.6. The standard InChI is InChI=1S/C15H13N5O2/c1-10(11-5-4-6-12(9-11)20(21)22)18-19-15-16-13-7-2-3-8-14(13)17-15/h2-9H,1H3,(H2,16,17,19). The number of benzene rings is 2. The Kier molecular flexibility index (Phi) is 3.53. The maximum Gasteiger partial charge on any atom is 0.270 e. The predicted octanol–water partition coefficient (Wildman–Crippen LogP) is 3.31. The SMILES string of the molecule is CC(=NNc1nc2ccccc2[nH]1)c1cccc([N+](=O)[O-])c1. The molecule has 7 nitrogen and oxygen atoms in total. The minimum atomic E-state index is -0.427. The maximum absolute atomic E-state index is 10.8. The fourth-order valence-electron chi connectivity index (χ4n) is 2.05. The summed E-state index contributed by atoms with van der Waals surface area (Å²) in [6.07, 6.45) is 0. The minimum absolute atomic E-state index is 0.0378. The number of aromatic nitrogens is 2. The summed E-state index contributed by atoms with van der Waals surface area (Å²) < 4.78 is 0. The first-order valence-corrected chi connectivity index (χ1v) is 6.63. The number of non-ortho nitro benzene ring substituents is 1. The molecule has 1 aromatic heterocycles. The summed E-state index contributed by atoms with van der Waals surface area (Å²) >= 11 is 0. The first kappa shape index (κ1) is 13.7. The van der Waals surface area contributed by atoms with Crippen LogP contribution in [0.3, 0.4) is 0 Å². The summed E-state index contributed by atoms with van der Waals surface area (Å²) in [7, 11) is 0. The molecule has 0 aliphatic rings. The zero-order valence-electron chi connectivity index (χ0n) is 11.8. The molecule has 0 atom stereocenters. The van der Waals surface area contributed by atoms with Crippen molar-refractivity contribution in [2.45, 2.75) is 6.92 Å². The van der Waals surface area contributed by atoms with Gasteiger partial charge in [-0.25, -0.2) is 10.4 Å². The van der Waals surface area contributed by atoms with Crippen LogP contribution < -0.4 is 5.43 Å². The normalized spacial score (nSPS) is 11.6. The number of hydrazone groups is 1. The van der Waals surface area contributed by atoms with E-state index in [0.29, 0.717) is 17.2 Å². The Hall–Kier alpha value is -3.22. The van der Waals surface area contributed by atoms with Gasteiger partial charge in [0.05, 0.1) is 21.7 Å². The van der Waals surface area contributed by atoms with E-state index in [1.165, 1.54) is 12.1 Å². The number of fused-ring (bicyclic) bond motifs is 1. The summed E-state index contributed by atoms with van der Waals surface area (Å²) in [6, 6.07) is 14.0. The van der Waals surface area contributed by atoms with Crippen LogP contribution in [0, 0.1) is 10.1 Å². The number of nitro groups is 1. The highest BCUT2D eigenvalue weighted by Gasteiger charge is 2.07. The molecule has 0 saturated heterocycles. The average molecular weight is 295 g/mol. The summed E-state index contributed by atoms with van der Waals surface area (Å²) in [5, 5.41) is 15.0. The molecule has 0 amide bonds. The summed E-state index contributed by atoms with van der Waals surface area (Å²) in [4.78, 5) is 17.8. The lowest BCUT2D eigenvalue weighted by Crippen LogP contribution is -2.01. The lowest BCUT2D eigenvalue weighted by atomic mass is 10.1. The first-order valence-electron chi connectivity index (χ1n) is 6.63. The van der Waals surface area contributed by atoms with E-state index < -0.39 is 4.92 Å². The van der Waals surface area contributed by atoms with Crippen molar-refractivity contribution in [2.75, 3.05) is 5.43 Å². The van der Waals surface area contributed by atoms with Crippen LogP contribution in [0.15, 0.2) is 53.6 Å². The lowest BCUT2D eigenvalue weighted by molar-refractivity contribution is -0.384. The van der Waals surface area contributed by atoms with Gasteiger partial charge >= 0.3 is 0 Å². The number of imidazole rings is 1. The third-order valence-corrected chi connectivity index (χ3v) is 3.19. The van der Waals surface area contributed by atoms with E-state index in [2.05, 4.69) is 20.5 Å². The molecule has 7 heteroatoms. The smallest absolute Gasteiger partial charge is 0.270 e. The molecule has 3 aromatic rings. The molecule has 0 fully saturated rings. The van der Waals surface area contributed by atoms with Crippen LogP contribution in [0.2, 0.25) is 0 Å². The third-order valence-electron chi connectivity index (χ3n) is 3.19. The zero-order valence-corrected chi connectivity index (χ0v) is 11.8. The second-order valence-corrected chi connectivity index (χ2v) is 4.72. The Balaban J connectivity index is 1.82. The minimum Gasteiger partial charge on any atom is -0.323 e. The molecule has 0 unspecified atom stereocenters. The van der Waals surface area contributed by atoms with Gasteiger partial charge in [-0.05, 0) is 19.1 Å². The van der Waals surface area contributed by atoms with Gasteiger partial charge in [-0.3, -0.25) is 10.1 Å². The number of H-pyrrole nitrogens is 1. The largest absolute Gasteiger partial charge is 0.323 e. The molecule has 0 spiro atoms. The highest BCUT2D eigenvalue weighted by Crippen LogP contribution is 2.15. The maximum atomic E-state index is 10.8. The van der Waals surface area contributed by atoms with Crippen molar-refractivity contribution in [3.63, 3.8) is 0 Å². The van der Waals surface area contributed by atoms with Gasteiger partial charge in [-0.15, -0.1) is 0 Å². The molecule has 1 heterocycles. The van der Waals surface area contributed by atoms with E-state index >= 15 is 0 Å². The van der Waals surface area contributed by atoms with E-state index in [0.717, 1.165) is 11.0 Å². The zero-order chi connectivity index (χ0) is 15.5. The third kappa shape index (κ3) is 2.78. The molecule has 3 rings (SSSR count). The molecule has 2 N–H and O–H groups in total. The number of hydrogen-bond donors (Lipinski definition) is 2. The van der Waals surface area contributed by atoms with Crippen molar-refractivity contribution in [1.29, 1.82) is 0 Å². The Bertz CT molecular complexity index is 836. The topological polar surface area (TPSA) is 96.2 Å². The van der Waals surface area contributed by atoms with E-state index in [-0.39, 0.29) is 5.69 Å². The highest BCUT2D eigenvalue weighted by molar-refractivity contribution is 5.99. The lowest BCUT2D eigenvalue weighted by Gasteiger charge is -2.01. The molecule has 110 valence electrons. The van der Waals surface area contributed by atoms with Gasteiger partial charge < -0.3 is 4.98 Å². The first-order chi connectivity index (χ1) is 10.6. The van der Waals surface area contributed by atoms with E-state index in [4.69, 9.17) is 0 Å². The monoisotopic (exact) mass is 295 g/mol. The Morgan fingerprint density at radius 3 is 2.86 bits per heavy atom. The van der Waals surface area contributed by atoms with Crippen molar-refractivity contribution in [2.24, 2.45) is 5.10 Å². The van der Waals surface area contributed by atoms with E-state index in [1.807, 2.05) is 24.3 Å². The van der Waals surface area contributed by atoms with Gasteiger partial charge in [-0.2, -0.15) is 5.10 Å². The predicted molar refractivity (Wildman–Crippen MR) is 85.0 cm³/mol. The van der Waals surface area contributed by atoms with Crippen LogP contribution in [-0.4, -0.2) is 20.6 Å². The van der Waals surface area contributed by atoms with Gasteiger partial charge in [-0.1, -0.05) is 24.3 Å². The van der Waals surface area contributed by atoms with Crippen LogP contribution in [0.4, 0.5) is 11.6 Å². The molecule has 22 heavy (non-hydrogen) atoms. The quantitative estimate of drug-likeness (QED) is 0.438. The number of nitrogens with zero attached hydrogens (tertiary/aromatic N) is 3. The fourth-order valence-corrected chi connectivity index (χ4v) is 2.05. The Morgan fingerprint density at radius 2 is 2.09 bits per heavy atom. The van der Waals surface area contributed by atoms with Crippen LogP contribution in [0.5, 0.6) is 0 Å². The number of aromatic amines is 1. The van der Waals surface area contributed by atoms with Gasteiger partial charge in [0, 0.05) is 17.7 Å². The molecular weight excluding hydrogens is 282 g/mol. The van der Waals surface area contributed by atoms with Gasteiger partial charge in [0.1, 0.15) is 0 Å². The summed E-state index contributed by atoms with van der Waals surface area (Å²) in [5.74, 6) is 0.519. The Morgan fingerprint density at radius 1 is 1.27 bits per heavy atom. The number of anilines is 1. The Labute approximate surface area is 125 Å². The molecule has 2 aromatic carbocycles. The van der Waals surface area contributed by atoms with E-state index in [1.54, 1.807) is 19.1 Å². The summed E-state index contributed by atoms with van der Waals surface area (Å²) in [5.41, 5.74) is 5.93. The van der Waals surface area contributed by atoms with Crippen molar-refractivity contribution in [3.05, 3.63) is 64.2 Å². The van der Waals surface area contributed by atoms with Crippen molar-refractivity contribution in [3.8, 4) is 0 Å². The fraction of sp³-hybridized carbons (Fsp3) is 0.0667. The van der Waals surface area contributed by atoms with Gasteiger partial charge in [0.15, 0.2) is 0 Å². The average Bonchev–Trinajstić information content (AvgIpc) is 2.95. The number of rotatable bonds is 4. The van der Waals surface area contributed by atoms with Crippen LogP contribution >= 0.6 is 0 Å². The molecule has 0 bridgehead atoms. The second-order valence-electron chi connectivity index (χ2n) is 4.72. The van der Waals surface area contributed by atoms with Gasteiger partial charge in [0.25, 0.3) is 5.69 Å². The molecule has 0 saturated carbocycles. The molecule has 0 radical (unpaired) electrons.